The van der Waals surface area contributed by atoms with Crippen molar-refractivity contribution in [3.8, 4) is 22.8 Å². The minimum atomic E-state index is -2.83. The third-order valence-electron chi connectivity index (χ3n) is 3.79. The molecule has 0 bridgehead atoms. The van der Waals surface area contributed by atoms with Crippen LogP contribution in [-0.4, -0.2) is 19.7 Å². The molecule has 3 heterocycles. The molecule has 0 atom stereocenters. The van der Waals surface area contributed by atoms with Crippen LogP contribution in [0.1, 0.15) is 18.0 Å². The van der Waals surface area contributed by atoms with Crippen molar-refractivity contribution in [3.05, 3.63) is 77.0 Å². The van der Waals surface area contributed by atoms with E-state index in [1.54, 1.807) is 18.3 Å². The Morgan fingerprint density at radius 1 is 1.00 bits per heavy atom. The normalized spacial score (nSPS) is 11.2. The van der Waals surface area contributed by atoms with E-state index in [0.717, 1.165) is 5.56 Å². The van der Waals surface area contributed by atoms with E-state index >= 15 is 0 Å². The van der Waals surface area contributed by atoms with Gasteiger partial charge in [-0.2, -0.15) is 8.78 Å². The number of alkyl halides is 2. The van der Waals surface area contributed by atoms with E-state index in [4.69, 9.17) is 8.83 Å². The highest BCUT2D eigenvalue weighted by molar-refractivity contribution is 5.55. The van der Waals surface area contributed by atoms with Gasteiger partial charge in [0.05, 0.1) is 24.0 Å². The molecular weight excluding hydrogens is 358 g/mol. The van der Waals surface area contributed by atoms with Gasteiger partial charge in [-0.25, -0.2) is 4.79 Å². The highest BCUT2D eigenvalue weighted by Crippen LogP contribution is 2.23. The molecule has 3 aromatic heterocycles. The summed E-state index contributed by atoms with van der Waals surface area (Å²) in [5, 5.41) is 6.84. The molecule has 136 valence electrons. The fourth-order valence-corrected chi connectivity index (χ4v) is 2.48. The summed E-state index contributed by atoms with van der Waals surface area (Å²) in [5.41, 5.74) is 1.78. The van der Waals surface area contributed by atoms with E-state index in [9.17, 15) is 13.6 Å². The molecule has 0 unspecified atom stereocenters. The van der Waals surface area contributed by atoms with Crippen LogP contribution in [0.4, 0.5) is 8.78 Å². The summed E-state index contributed by atoms with van der Waals surface area (Å²) in [7, 11) is 0. The molecule has 0 radical (unpaired) electrons. The van der Waals surface area contributed by atoms with Crippen LogP contribution in [0, 0.1) is 0 Å². The van der Waals surface area contributed by atoms with Crippen molar-refractivity contribution in [2.45, 2.75) is 13.0 Å². The zero-order valence-corrected chi connectivity index (χ0v) is 13.8. The van der Waals surface area contributed by atoms with E-state index in [-0.39, 0.29) is 12.4 Å². The van der Waals surface area contributed by atoms with E-state index < -0.39 is 18.1 Å². The van der Waals surface area contributed by atoms with Crippen LogP contribution in [0.5, 0.6) is 0 Å². The lowest BCUT2D eigenvalue weighted by molar-refractivity contribution is 0.116. The zero-order chi connectivity index (χ0) is 18.8. The second-order valence-corrected chi connectivity index (χ2v) is 5.64. The molecule has 0 saturated carbocycles. The van der Waals surface area contributed by atoms with Crippen molar-refractivity contribution < 1.29 is 17.6 Å². The maximum Gasteiger partial charge on any atom is 0.419 e. The molecule has 0 amide bonds. The molecule has 0 spiro atoms. The summed E-state index contributed by atoms with van der Waals surface area (Å²) >= 11 is 0. The molecule has 0 aliphatic heterocycles. The Hall–Kier alpha value is -3.62. The van der Waals surface area contributed by atoms with Gasteiger partial charge in [-0.3, -0.25) is 9.55 Å². The topological polar surface area (TPSA) is 87.0 Å². The van der Waals surface area contributed by atoms with Gasteiger partial charge in [-0.15, -0.1) is 10.2 Å². The Morgan fingerprint density at radius 3 is 2.48 bits per heavy atom. The summed E-state index contributed by atoms with van der Waals surface area (Å²) in [6.45, 7) is 0.196. The second kappa shape index (κ2) is 6.94. The molecule has 0 aliphatic rings. The Bertz CT molecular complexity index is 1100. The van der Waals surface area contributed by atoms with Crippen LogP contribution in [0.25, 0.3) is 22.8 Å². The minimum absolute atomic E-state index is 0.0452. The van der Waals surface area contributed by atoms with Gasteiger partial charge < -0.3 is 8.83 Å². The number of benzene rings is 1. The molecule has 27 heavy (non-hydrogen) atoms. The molecule has 7 nitrogen and oxygen atoms in total. The van der Waals surface area contributed by atoms with Crippen molar-refractivity contribution in [2.24, 2.45) is 0 Å². The van der Waals surface area contributed by atoms with Gasteiger partial charge in [0.2, 0.25) is 5.89 Å². The van der Waals surface area contributed by atoms with Crippen molar-refractivity contribution in [2.75, 3.05) is 0 Å². The molecule has 0 N–H and O–H groups in total. The second-order valence-electron chi connectivity index (χ2n) is 5.64. The molecule has 0 saturated heterocycles. The van der Waals surface area contributed by atoms with Crippen molar-refractivity contribution in [1.29, 1.82) is 0 Å². The van der Waals surface area contributed by atoms with E-state index in [1.807, 2.05) is 30.3 Å². The average Bonchev–Trinajstić information content (AvgIpc) is 3.31. The lowest BCUT2D eigenvalue weighted by atomic mass is 10.2. The van der Waals surface area contributed by atoms with Gasteiger partial charge in [0.1, 0.15) is 0 Å². The number of oxazole rings is 1. The van der Waals surface area contributed by atoms with Crippen molar-refractivity contribution in [3.63, 3.8) is 0 Å². The summed E-state index contributed by atoms with van der Waals surface area (Å²) in [4.78, 5) is 16.2. The molecule has 4 rings (SSSR count). The van der Waals surface area contributed by atoms with Crippen LogP contribution in [0.15, 0.2) is 68.5 Å². The van der Waals surface area contributed by atoms with Gasteiger partial charge in [0.15, 0.2) is 5.76 Å². The first-order valence-electron chi connectivity index (χ1n) is 7.93. The summed E-state index contributed by atoms with van der Waals surface area (Å²) in [6, 6.07) is 12.5. The van der Waals surface area contributed by atoms with Gasteiger partial charge in [0.25, 0.3) is 5.89 Å². The molecule has 1 aromatic carbocycles. The number of hydrogen-bond donors (Lipinski definition) is 0. The Morgan fingerprint density at radius 2 is 1.81 bits per heavy atom. The number of rotatable bonds is 5. The summed E-state index contributed by atoms with van der Waals surface area (Å²) < 4.78 is 36.6. The van der Waals surface area contributed by atoms with Gasteiger partial charge in [-0.05, 0) is 12.1 Å². The van der Waals surface area contributed by atoms with Gasteiger partial charge >= 0.3 is 12.2 Å². The Labute approximate surface area is 150 Å². The monoisotopic (exact) mass is 370 g/mol. The van der Waals surface area contributed by atoms with Crippen LogP contribution < -0.4 is 5.76 Å². The Kier molecular flexibility index (Phi) is 4.33. The van der Waals surface area contributed by atoms with E-state index in [0.29, 0.717) is 17.0 Å². The van der Waals surface area contributed by atoms with E-state index in [1.165, 1.54) is 10.8 Å². The standard InChI is InChI=1S/C18H12F2N4O3/c19-15(20)17-23-22-16(27-17)12-6-7-13(21-8-12)9-24-10-14(26-18(24)25)11-4-2-1-3-5-11/h1-8,10,15H,9H2. The number of halogens is 2. The quantitative estimate of drug-likeness (QED) is 0.534. The minimum Gasteiger partial charge on any atom is -0.415 e. The zero-order valence-electron chi connectivity index (χ0n) is 13.8. The lowest BCUT2D eigenvalue weighted by Crippen LogP contribution is -2.14. The SMILES string of the molecule is O=c1oc(-c2ccccc2)cn1Cc1ccc(-c2nnc(C(F)F)o2)cn1. The molecule has 0 fully saturated rings. The highest BCUT2D eigenvalue weighted by atomic mass is 19.3. The first kappa shape index (κ1) is 16.8. The van der Waals surface area contributed by atoms with Crippen LogP contribution in [0.2, 0.25) is 0 Å². The predicted molar refractivity (Wildman–Crippen MR) is 90.0 cm³/mol. The maximum atomic E-state index is 12.5. The van der Waals surface area contributed by atoms with Crippen molar-refractivity contribution in [1.82, 2.24) is 19.7 Å². The largest absolute Gasteiger partial charge is 0.419 e. The summed E-state index contributed by atoms with van der Waals surface area (Å²) in [5.74, 6) is -0.829. The van der Waals surface area contributed by atoms with Crippen LogP contribution in [-0.2, 0) is 6.54 Å². The number of aromatic nitrogens is 4. The van der Waals surface area contributed by atoms with Gasteiger partial charge in [0, 0.05) is 11.8 Å². The highest BCUT2D eigenvalue weighted by Gasteiger charge is 2.17. The first-order chi connectivity index (χ1) is 13.1. The number of hydrogen-bond acceptors (Lipinski definition) is 6. The maximum absolute atomic E-state index is 12.5. The van der Waals surface area contributed by atoms with Crippen molar-refractivity contribution >= 4 is 0 Å². The number of pyridine rings is 1. The summed E-state index contributed by atoms with van der Waals surface area (Å²) in [6.07, 6.45) is 0.201. The van der Waals surface area contributed by atoms with Gasteiger partial charge in [-0.1, -0.05) is 30.3 Å². The fourth-order valence-electron chi connectivity index (χ4n) is 2.48. The predicted octanol–water partition coefficient (Wildman–Crippen LogP) is 3.54. The number of nitrogens with zero attached hydrogens (tertiary/aromatic N) is 4. The molecule has 4 aromatic rings. The smallest absolute Gasteiger partial charge is 0.415 e. The first-order valence-corrected chi connectivity index (χ1v) is 7.93. The Balaban J connectivity index is 1.53. The third-order valence-corrected chi connectivity index (χ3v) is 3.79. The lowest BCUT2D eigenvalue weighted by Gasteiger charge is -2.01. The fraction of sp³-hybridized carbons (Fsp3) is 0.111. The molecule has 0 aliphatic carbocycles. The average molecular weight is 370 g/mol. The van der Waals surface area contributed by atoms with Crippen LogP contribution >= 0.6 is 0 Å². The van der Waals surface area contributed by atoms with Crippen LogP contribution in [0.3, 0.4) is 0 Å². The van der Waals surface area contributed by atoms with E-state index in [2.05, 4.69) is 15.2 Å². The molecule has 9 heteroatoms. The molecular formula is C18H12F2N4O3. The third kappa shape index (κ3) is 3.52.